The minimum atomic E-state index is 0.501. The molecule has 0 amide bonds. The van der Waals surface area contributed by atoms with Crippen LogP contribution in [0.5, 0.6) is 5.75 Å². The van der Waals surface area contributed by atoms with Gasteiger partial charge >= 0.3 is 0 Å². The molecule has 4 aromatic rings. The van der Waals surface area contributed by atoms with Crippen molar-refractivity contribution >= 4 is 45.6 Å². The smallest absolute Gasteiger partial charge is 0.143 e. The monoisotopic (exact) mass is 403 g/mol. The fourth-order valence-electron chi connectivity index (χ4n) is 2.64. The van der Waals surface area contributed by atoms with E-state index in [0.29, 0.717) is 22.3 Å². The topological polar surface area (TPSA) is 63.7 Å². The first-order valence-electron chi connectivity index (χ1n) is 7.73. The highest BCUT2D eigenvalue weighted by Crippen LogP contribution is 2.31. The van der Waals surface area contributed by atoms with Gasteiger partial charge in [-0.2, -0.15) is 0 Å². The van der Waals surface area contributed by atoms with Gasteiger partial charge in [-0.15, -0.1) is 11.3 Å². The lowest BCUT2D eigenvalue weighted by Gasteiger charge is -2.01. The van der Waals surface area contributed by atoms with E-state index in [9.17, 15) is 0 Å². The summed E-state index contributed by atoms with van der Waals surface area (Å²) in [6, 6.07) is 3.80. The largest absolute Gasteiger partial charge is 0.495 e. The minimum Gasteiger partial charge on any atom is -0.495 e. The molecule has 0 aliphatic rings. The molecule has 5 nitrogen and oxygen atoms in total. The van der Waals surface area contributed by atoms with E-state index in [1.807, 2.05) is 24.8 Å². The predicted octanol–water partition coefficient (Wildman–Crippen LogP) is 4.92. The number of fused-ring (bicyclic) bond motifs is 1. The van der Waals surface area contributed by atoms with Crippen LogP contribution in [-0.2, 0) is 6.42 Å². The van der Waals surface area contributed by atoms with Crippen LogP contribution < -0.4 is 4.74 Å². The average molecular weight is 404 g/mol. The number of rotatable bonds is 5. The number of ether oxygens (including phenoxy) is 1. The van der Waals surface area contributed by atoms with E-state index in [0.717, 1.165) is 32.0 Å². The van der Waals surface area contributed by atoms with Gasteiger partial charge in [0.1, 0.15) is 21.6 Å². The fraction of sp³-hybridized carbons (Fsp3) is 0.111. The Kier molecular flexibility index (Phi) is 4.80. The van der Waals surface area contributed by atoms with Crippen LogP contribution >= 0.6 is 34.5 Å². The molecular weight excluding hydrogens is 391 g/mol. The third-order valence-electron chi connectivity index (χ3n) is 3.86. The molecule has 0 aliphatic carbocycles. The number of hydrogen-bond donors (Lipinski definition) is 1. The Morgan fingerprint density at radius 2 is 2.12 bits per heavy atom. The normalized spacial score (nSPS) is 11.2. The number of H-pyrrole nitrogens is 1. The summed E-state index contributed by atoms with van der Waals surface area (Å²) >= 11 is 14.0. The molecule has 1 radical (unpaired) electrons. The van der Waals surface area contributed by atoms with E-state index in [1.54, 1.807) is 37.0 Å². The predicted molar refractivity (Wildman–Crippen MR) is 104 cm³/mol. The molecule has 0 aliphatic heterocycles. The molecule has 0 fully saturated rings. The van der Waals surface area contributed by atoms with Gasteiger partial charge in [-0.1, -0.05) is 23.2 Å². The number of halogens is 2. The maximum atomic E-state index is 6.36. The molecule has 26 heavy (non-hydrogen) atoms. The SMILES string of the molecule is COc1cncc([CH]c2nc(Cl)c(Cc3c[nH]c4ncc(Cl)cc34)s2)c1. The summed E-state index contributed by atoms with van der Waals surface area (Å²) in [7, 11) is 1.61. The van der Waals surface area contributed by atoms with Crippen molar-refractivity contribution in [1.29, 1.82) is 0 Å². The number of thiazole rings is 1. The highest BCUT2D eigenvalue weighted by molar-refractivity contribution is 7.12. The molecule has 4 rings (SSSR count). The third kappa shape index (κ3) is 3.53. The van der Waals surface area contributed by atoms with Gasteiger partial charge in [-0.05, 0) is 23.3 Å². The van der Waals surface area contributed by atoms with Crippen LogP contribution in [0.25, 0.3) is 11.0 Å². The summed E-state index contributed by atoms with van der Waals surface area (Å²) in [5, 5.41) is 2.91. The summed E-state index contributed by atoms with van der Waals surface area (Å²) in [5.74, 6) is 0.699. The molecule has 0 saturated heterocycles. The molecule has 0 bridgehead atoms. The third-order valence-corrected chi connectivity index (χ3v) is 5.49. The number of hydrogen-bond acceptors (Lipinski definition) is 5. The van der Waals surface area contributed by atoms with Crippen molar-refractivity contribution in [3.05, 3.63) is 74.5 Å². The number of pyridine rings is 2. The lowest BCUT2D eigenvalue weighted by molar-refractivity contribution is 0.412. The molecule has 0 unspecified atom stereocenters. The zero-order chi connectivity index (χ0) is 18.1. The molecule has 8 heteroatoms. The van der Waals surface area contributed by atoms with E-state index >= 15 is 0 Å². The first kappa shape index (κ1) is 17.3. The molecule has 4 aromatic heterocycles. The summed E-state index contributed by atoms with van der Waals surface area (Å²) in [5.41, 5.74) is 2.79. The second kappa shape index (κ2) is 7.23. The number of nitrogens with zero attached hydrogens (tertiary/aromatic N) is 3. The molecule has 0 atom stereocenters. The van der Waals surface area contributed by atoms with Crippen molar-refractivity contribution in [3.63, 3.8) is 0 Å². The van der Waals surface area contributed by atoms with Crippen molar-refractivity contribution < 1.29 is 4.74 Å². The number of aromatic amines is 1. The van der Waals surface area contributed by atoms with E-state index in [2.05, 4.69) is 19.9 Å². The highest BCUT2D eigenvalue weighted by atomic mass is 35.5. The summed E-state index contributed by atoms with van der Waals surface area (Å²) in [6.45, 7) is 0. The Labute approximate surface area is 164 Å². The van der Waals surface area contributed by atoms with E-state index in [1.165, 1.54) is 0 Å². The second-order valence-electron chi connectivity index (χ2n) is 5.61. The molecule has 0 saturated carbocycles. The van der Waals surface area contributed by atoms with Crippen LogP contribution in [0.2, 0.25) is 10.2 Å². The first-order chi connectivity index (χ1) is 12.6. The summed E-state index contributed by atoms with van der Waals surface area (Å²) < 4.78 is 5.20. The van der Waals surface area contributed by atoms with E-state index in [4.69, 9.17) is 27.9 Å². The Balaban J connectivity index is 1.59. The van der Waals surface area contributed by atoms with Crippen LogP contribution in [0.15, 0.2) is 36.9 Å². The zero-order valence-corrected chi connectivity index (χ0v) is 16.0. The Hall–Kier alpha value is -2.15. The van der Waals surface area contributed by atoms with Crippen molar-refractivity contribution in [2.75, 3.05) is 7.11 Å². The standard InChI is InChI=1S/C18H13Cl2N4OS/c1-25-13-2-10(6-21-9-13)3-16-24-17(20)15(26-16)4-11-7-22-18-14(11)5-12(19)8-23-18/h2-3,5-9H,4H2,1H3,(H,22,23). The lowest BCUT2D eigenvalue weighted by Crippen LogP contribution is -1.89. The Morgan fingerprint density at radius 3 is 2.96 bits per heavy atom. The van der Waals surface area contributed by atoms with Crippen LogP contribution in [0, 0.1) is 6.42 Å². The number of nitrogens with one attached hydrogen (secondary N) is 1. The van der Waals surface area contributed by atoms with Crippen molar-refractivity contribution in [1.82, 2.24) is 19.9 Å². The average Bonchev–Trinajstić information content (AvgIpc) is 3.19. The van der Waals surface area contributed by atoms with Gasteiger partial charge in [-0.3, -0.25) is 4.98 Å². The van der Waals surface area contributed by atoms with Gasteiger partial charge in [0.15, 0.2) is 0 Å². The minimum absolute atomic E-state index is 0.501. The van der Waals surface area contributed by atoms with Crippen molar-refractivity contribution in [3.8, 4) is 5.75 Å². The zero-order valence-electron chi connectivity index (χ0n) is 13.7. The maximum absolute atomic E-state index is 6.36. The maximum Gasteiger partial charge on any atom is 0.143 e. The second-order valence-corrected chi connectivity index (χ2v) is 7.52. The highest BCUT2D eigenvalue weighted by Gasteiger charge is 2.14. The lowest BCUT2D eigenvalue weighted by atomic mass is 10.1. The number of aromatic nitrogens is 4. The van der Waals surface area contributed by atoms with Crippen LogP contribution in [0.3, 0.4) is 0 Å². The Morgan fingerprint density at radius 1 is 1.23 bits per heavy atom. The molecule has 131 valence electrons. The molecule has 0 spiro atoms. The van der Waals surface area contributed by atoms with Gasteiger partial charge in [0.05, 0.1) is 24.8 Å². The van der Waals surface area contributed by atoms with Gasteiger partial charge < -0.3 is 9.72 Å². The number of methoxy groups -OCH3 is 1. The first-order valence-corrected chi connectivity index (χ1v) is 9.30. The summed E-state index contributed by atoms with van der Waals surface area (Å²) in [6.07, 6.45) is 9.56. The molecule has 0 aromatic carbocycles. The van der Waals surface area contributed by atoms with Gasteiger partial charge in [-0.25, -0.2) is 9.97 Å². The Bertz CT molecular complexity index is 1080. The molecule has 1 N–H and O–H groups in total. The van der Waals surface area contributed by atoms with Crippen LogP contribution in [0.1, 0.15) is 21.0 Å². The molecule has 4 heterocycles. The van der Waals surface area contributed by atoms with Crippen LogP contribution in [0.4, 0.5) is 0 Å². The fourth-order valence-corrected chi connectivity index (χ4v) is 4.06. The van der Waals surface area contributed by atoms with E-state index in [-0.39, 0.29) is 0 Å². The van der Waals surface area contributed by atoms with Gasteiger partial charge in [0.25, 0.3) is 0 Å². The van der Waals surface area contributed by atoms with Gasteiger partial charge in [0.2, 0.25) is 0 Å². The van der Waals surface area contributed by atoms with Crippen molar-refractivity contribution in [2.45, 2.75) is 6.42 Å². The van der Waals surface area contributed by atoms with Crippen molar-refractivity contribution in [2.24, 2.45) is 0 Å². The quantitative estimate of drug-likeness (QED) is 0.513. The van der Waals surface area contributed by atoms with E-state index < -0.39 is 0 Å². The van der Waals surface area contributed by atoms with Gasteiger partial charge in [0, 0.05) is 35.3 Å². The summed E-state index contributed by atoms with van der Waals surface area (Å²) in [4.78, 5) is 17.0. The van der Waals surface area contributed by atoms with Crippen LogP contribution in [-0.4, -0.2) is 27.0 Å². The molecular formula is C18H13Cl2N4OS.